The lowest BCUT2D eigenvalue weighted by Crippen LogP contribution is -2.29. The highest BCUT2D eigenvalue weighted by Gasteiger charge is 2.03. The van der Waals surface area contributed by atoms with Crippen molar-refractivity contribution in [1.29, 1.82) is 0 Å². The van der Waals surface area contributed by atoms with Gasteiger partial charge in [0.2, 0.25) is 0 Å². The van der Waals surface area contributed by atoms with Gasteiger partial charge in [0, 0.05) is 6.92 Å². The molecule has 0 aliphatic carbocycles. The van der Waals surface area contributed by atoms with Crippen LogP contribution >= 0.6 is 12.2 Å². The number of hydrogen-bond donors (Lipinski definition) is 0. The van der Waals surface area contributed by atoms with Crippen molar-refractivity contribution >= 4 is 17.4 Å². The average Bonchev–Trinajstić information content (AvgIpc) is 2.35. The molecule has 0 saturated heterocycles. The molecule has 0 N–H and O–H groups in total. The molecule has 0 spiro atoms. The molecule has 0 radical (unpaired) electrons. The van der Waals surface area contributed by atoms with E-state index in [2.05, 4.69) is 54.6 Å². The number of imidazole rings is 1. The Labute approximate surface area is 78.2 Å². The van der Waals surface area contributed by atoms with Crippen LogP contribution in [0.25, 0.3) is 5.41 Å². The predicted octanol–water partition coefficient (Wildman–Crippen LogP) is 1.30. The lowest BCUT2D eigenvalue weighted by atomic mass is 10.6. The maximum atomic E-state index is 7.13. The minimum Gasteiger partial charge on any atom is -0.753 e. The summed E-state index contributed by atoms with van der Waals surface area (Å²) in [4.78, 5) is 0. The zero-order valence-electron chi connectivity index (χ0n) is 7.61. The van der Waals surface area contributed by atoms with Crippen molar-refractivity contribution < 1.29 is 4.57 Å². The molecule has 3 nitrogen and oxygen atoms in total. The number of aromatic nitrogens is 2. The molecule has 1 heterocycles. The number of aryl methyl sites for hydroxylation is 2. The number of hydrogen-bond acceptors (Lipinski definition) is 1. The Bertz CT molecular complexity index is 272. The number of rotatable bonds is 1. The van der Waals surface area contributed by atoms with Gasteiger partial charge in [-0.25, -0.2) is 9.13 Å². The van der Waals surface area contributed by atoms with Crippen LogP contribution in [-0.4, -0.2) is 9.73 Å². The summed E-state index contributed by atoms with van der Waals surface area (Å²) in [5.74, 6) is 1.30. The van der Waals surface area contributed by atoms with Gasteiger partial charge in [-0.1, -0.05) is 12.2 Å². The standard InChI is InChI=1S/C7H13N2.CNS/c1-4-9-6-5-8(3)7(9)2;2-1-3/h5-6H,4H2,1-3H3;/q+1;-1. The third-order valence-corrected chi connectivity index (χ3v) is 1.74. The van der Waals surface area contributed by atoms with Crippen LogP contribution < -0.4 is 4.57 Å². The second-order valence-corrected chi connectivity index (χ2v) is 2.52. The largest absolute Gasteiger partial charge is 0.753 e. The van der Waals surface area contributed by atoms with Gasteiger partial charge >= 0.3 is 0 Å². The molecule has 0 unspecified atom stereocenters. The smallest absolute Gasteiger partial charge is 0.252 e. The number of nitrogens with zero attached hydrogens (tertiary/aromatic N) is 3. The molecule has 0 fully saturated rings. The van der Waals surface area contributed by atoms with E-state index in [4.69, 9.17) is 5.41 Å². The summed E-state index contributed by atoms with van der Waals surface area (Å²) in [5, 5.41) is 8.47. The summed E-state index contributed by atoms with van der Waals surface area (Å²) in [5.41, 5.74) is 0. The monoisotopic (exact) mass is 183 g/mol. The molecule has 1 rings (SSSR count). The lowest BCUT2D eigenvalue weighted by molar-refractivity contribution is -0.677. The van der Waals surface area contributed by atoms with E-state index in [9.17, 15) is 0 Å². The van der Waals surface area contributed by atoms with Gasteiger partial charge in [0.05, 0.1) is 13.6 Å². The molecule has 66 valence electrons. The van der Waals surface area contributed by atoms with Gasteiger partial charge in [0.1, 0.15) is 12.4 Å². The van der Waals surface area contributed by atoms with Crippen molar-refractivity contribution in [2.24, 2.45) is 7.05 Å². The topological polar surface area (TPSA) is 31.1 Å². The van der Waals surface area contributed by atoms with Crippen molar-refractivity contribution in [1.82, 2.24) is 4.57 Å². The molecule has 1 aromatic heterocycles. The maximum Gasteiger partial charge on any atom is 0.252 e. The van der Waals surface area contributed by atoms with Crippen LogP contribution in [0.4, 0.5) is 0 Å². The summed E-state index contributed by atoms with van der Waals surface area (Å²) in [6.07, 6.45) is 4.16. The molecule has 0 atom stereocenters. The lowest BCUT2D eigenvalue weighted by Gasteiger charge is -1.90. The molecule has 1 aromatic rings. The molecule has 4 heteroatoms. The molecular weight excluding hydrogens is 170 g/mol. The molecule has 0 saturated carbocycles. The van der Waals surface area contributed by atoms with Crippen LogP contribution in [0.15, 0.2) is 12.4 Å². The molecular formula is C8H13N3S. The van der Waals surface area contributed by atoms with Crippen molar-refractivity contribution in [3.8, 4) is 0 Å². The van der Waals surface area contributed by atoms with Crippen LogP contribution in [0.2, 0.25) is 0 Å². The summed E-state index contributed by atoms with van der Waals surface area (Å²) in [6.45, 7) is 5.32. The molecule has 0 aromatic carbocycles. The first-order chi connectivity index (χ1) is 5.67. The van der Waals surface area contributed by atoms with Crippen molar-refractivity contribution in [3.05, 3.63) is 23.6 Å². The normalized spacial score (nSPS) is 8.25. The minimum absolute atomic E-state index is 1.06. The Morgan fingerprint density at radius 2 is 2.25 bits per heavy atom. The van der Waals surface area contributed by atoms with E-state index in [1.54, 1.807) is 0 Å². The molecule has 0 aliphatic rings. The van der Waals surface area contributed by atoms with Crippen LogP contribution in [0.5, 0.6) is 0 Å². The summed E-state index contributed by atoms with van der Waals surface area (Å²) < 4.78 is 4.32. The summed E-state index contributed by atoms with van der Waals surface area (Å²) in [6, 6.07) is 0. The van der Waals surface area contributed by atoms with E-state index in [1.165, 1.54) is 11.0 Å². The van der Waals surface area contributed by atoms with Gasteiger partial charge < -0.3 is 5.41 Å². The molecule has 0 amide bonds. The van der Waals surface area contributed by atoms with Crippen molar-refractivity contribution in [3.63, 3.8) is 0 Å². The number of thiocarbonyl (C=S) groups is 1. The van der Waals surface area contributed by atoms with E-state index in [0.29, 0.717) is 0 Å². The first-order valence-electron chi connectivity index (χ1n) is 3.70. The van der Waals surface area contributed by atoms with E-state index < -0.39 is 0 Å². The highest BCUT2D eigenvalue weighted by atomic mass is 32.1. The van der Waals surface area contributed by atoms with E-state index in [1.807, 2.05) is 0 Å². The van der Waals surface area contributed by atoms with Crippen molar-refractivity contribution in [2.75, 3.05) is 0 Å². The molecule has 0 aliphatic heterocycles. The highest BCUT2D eigenvalue weighted by Crippen LogP contribution is 1.89. The van der Waals surface area contributed by atoms with E-state index in [-0.39, 0.29) is 0 Å². The Morgan fingerprint density at radius 3 is 2.42 bits per heavy atom. The zero-order chi connectivity index (χ0) is 9.56. The van der Waals surface area contributed by atoms with E-state index in [0.717, 1.165) is 6.54 Å². The van der Waals surface area contributed by atoms with Crippen molar-refractivity contribution in [2.45, 2.75) is 20.4 Å². The fraction of sp³-hybridized carbons (Fsp3) is 0.500. The quantitative estimate of drug-likeness (QED) is 0.367. The first kappa shape index (κ1) is 11.0. The first-order valence-corrected chi connectivity index (χ1v) is 4.10. The second kappa shape index (κ2) is 5.63. The van der Waals surface area contributed by atoms with Gasteiger partial charge in [-0.05, 0) is 6.92 Å². The third kappa shape index (κ3) is 2.95. The van der Waals surface area contributed by atoms with Crippen LogP contribution in [-0.2, 0) is 13.6 Å². The van der Waals surface area contributed by atoms with Gasteiger partial charge in [-0.3, -0.25) is 0 Å². The Morgan fingerprint density at radius 1 is 1.75 bits per heavy atom. The molecule has 0 bridgehead atoms. The summed E-state index contributed by atoms with van der Waals surface area (Å²) in [7, 11) is 2.06. The van der Waals surface area contributed by atoms with E-state index >= 15 is 0 Å². The Kier molecular flexibility index (Phi) is 5.17. The highest BCUT2D eigenvalue weighted by molar-refractivity contribution is 7.78. The SMILES string of the molecule is CCn1cc[n+](C)c1C.[N-]=C=S. The summed E-state index contributed by atoms with van der Waals surface area (Å²) >= 11 is 3.70. The van der Waals surface area contributed by atoms with Gasteiger partial charge in [0.15, 0.2) is 0 Å². The predicted molar refractivity (Wildman–Crippen MR) is 52.0 cm³/mol. The van der Waals surface area contributed by atoms with Crippen LogP contribution in [0.1, 0.15) is 12.7 Å². The van der Waals surface area contributed by atoms with Crippen LogP contribution in [0.3, 0.4) is 0 Å². The Balaban J connectivity index is 0.000000354. The molecule has 12 heavy (non-hydrogen) atoms. The fourth-order valence-electron chi connectivity index (χ4n) is 0.933. The average molecular weight is 183 g/mol. The van der Waals surface area contributed by atoms with Gasteiger partial charge in [0.25, 0.3) is 5.82 Å². The third-order valence-electron chi connectivity index (χ3n) is 1.74. The fourth-order valence-corrected chi connectivity index (χ4v) is 0.933. The minimum atomic E-state index is 1.06. The number of isothiocyanates is 1. The van der Waals surface area contributed by atoms with Gasteiger partial charge in [-0.15, -0.1) is 0 Å². The van der Waals surface area contributed by atoms with Crippen LogP contribution in [0, 0.1) is 6.92 Å². The second-order valence-electron chi connectivity index (χ2n) is 2.33. The zero-order valence-corrected chi connectivity index (χ0v) is 8.43. The maximum absolute atomic E-state index is 7.13. The van der Waals surface area contributed by atoms with Gasteiger partial charge in [-0.2, -0.15) is 5.16 Å². The Hall–Kier alpha value is -0.990.